The second-order valence-electron chi connectivity index (χ2n) is 17.1. The van der Waals surface area contributed by atoms with Crippen molar-refractivity contribution in [3.05, 3.63) is 161 Å². The summed E-state index contributed by atoms with van der Waals surface area (Å²) in [4.78, 5) is 76.7. The van der Waals surface area contributed by atoms with Crippen molar-refractivity contribution in [3.8, 4) is 28.7 Å². The van der Waals surface area contributed by atoms with Crippen molar-refractivity contribution < 1.29 is 52.2 Å². The number of aromatic carboxylic acids is 1. The Morgan fingerprint density at radius 3 is 1.76 bits per heavy atom. The Labute approximate surface area is 491 Å². The minimum absolute atomic E-state index is 0. The van der Waals surface area contributed by atoms with Crippen LogP contribution < -0.4 is 31.3 Å². The molecule has 0 fully saturated rings. The Kier molecular flexibility index (Phi) is 24.0. The summed E-state index contributed by atoms with van der Waals surface area (Å²) in [5.74, 6) is 0.522. The van der Waals surface area contributed by atoms with Crippen LogP contribution in [0, 0.1) is 0 Å². The van der Waals surface area contributed by atoms with E-state index in [1.807, 2.05) is 86.7 Å². The van der Waals surface area contributed by atoms with Gasteiger partial charge in [-0.2, -0.15) is 0 Å². The maximum atomic E-state index is 12.4. The zero-order valence-electron chi connectivity index (χ0n) is 41.9. The van der Waals surface area contributed by atoms with Crippen molar-refractivity contribution in [3.63, 3.8) is 0 Å². The Bertz CT molecular complexity index is 3250. The summed E-state index contributed by atoms with van der Waals surface area (Å²) < 4.78 is 21.7. The highest BCUT2D eigenvalue weighted by molar-refractivity contribution is 15.0. The summed E-state index contributed by atoms with van der Waals surface area (Å²) in [5, 5.41) is 22.6. The van der Waals surface area contributed by atoms with Gasteiger partial charge in [-0.15, -0.1) is 24.0 Å². The second-order valence-corrected chi connectivity index (χ2v) is 17.1. The maximum Gasteiger partial charge on any atom is 0.335 e. The van der Waals surface area contributed by atoms with E-state index in [-0.39, 0.29) is 72.6 Å². The zero-order valence-corrected chi connectivity index (χ0v) is 48.6. The Balaban J connectivity index is 0.000000193. The topological polar surface area (TPSA) is 253 Å². The van der Waals surface area contributed by atoms with Gasteiger partial charge in [0.25, 0.3) is 11.8 Å². The Morgan fingerprint density at radius 1 is 0.692 bits per heavy atom. The number of carbonyl (C=O) groups excluding carboxylic acids is 5. The molecular formula is C57H58I3N7O11. The number of amides is 5. The number of carboxylic acids is 1. The number of fused-ring (bicyclic) bond motifs is 4. The highest BCUT2D eigenvalue weighted by atomic mass is 128. The first-order chi connectivity index (χ1) is 36.9. The number of nitrogens with zero attached hydrogens (tertiary/aromatic N) is 2. The molecule has 78 heavy (non-hydrogen) atoms. The molecule has 4 aliphatic heterocycles. The summed E-state index contributed by atoms with van der Waals surface area (Å²) >= 11 is 4.24. The molecule has 11 rings (SSSR count). The fourth-order valence-electron chi connectivity index (χ4n) is 8.41. The highest BCUT2D eigenvalue weighted by Crippen LogP contribution is 2.37. The number of para-hydroxylation sites is 1. The summed E-state index contributed by atoms with van der Waals surface area (Å²) in [6.45, 7) is 7.70. The molecule has 21 heteroatoms. The van der Waals surface area contributed by atoms with Crippen LogP contribution in [0.3, 0.4) is 0 Å². The van der Waals surface area contributed by atoms with Crippen molar-refractivity contribution in [2.45, 2.75) is 66.4 Å². The van der Waals surface area contributed by atoms with Crippen molar-refractivity contribution >= 4 is 131 Å². The molecule has 0 saturated heterocycles. The fraction of sp³-hybridized carbons (Fsp3) is 0.228. The number of carboxylic acid groups (broad SMARTS) is 1. The van der Waals surface area contributed by atoms with Gasteiger partial charge in [-0.1, -0.05) is 63.2 Å². The van der Waals surface area contributed by atoms with Crippen LogP contribution in [0.25, 0.3) is 34.6 Å². The van der Waals surface area contributed by atoms with Gasteiger partial charge in [-0.05, 0) is 97.6 Å². The molecule has 0 saturated carbocycles. The minimum Gasteiger partial charge on any atom is -0.493 e. The first kappa shape index (κ1) is 61.9. The molecule has 4 aliphatic rings. The van der Waals surface area contributed by atoms with Crippen LogP contribution in [0.5, 0.6) is 5.75 Å². The average Bonchev–Trinajstić information content (AvgIpc) is 4.33. The molecule has 0 bridgehead atoms. The van der Waals surface area contributed by atoms with Gasteiger partial charge < -0.3 is 50.0 Å². The number of anilines is 4. The predicted molar refractivity (Wildman–Crippen MR) is 328 cm³/mol. The van der Waals surface area contributed by atoms with Crippen LogP contribution in [-0.2, 0) is 43.2 Å². The third-order valence-electron chi connectivity index (χ3n) is 11.9. The number of hydrogen-bond acceptors (Lipinski definition) is 12. The van der Waals surface area contributed by atoms with Crippen LogP contribution in [-0.4, -0.2) is 76.4 Å². The molecule has 5 amide bonds. The smallest absolute Gasteiger partial charge is 0.335 e. The first-order valence-electron chi connectivity index (χ1n) is 24.1. The average molecular weight is 1400 g/mol. The van der Waals surface area contributed by atoms with Crippen LogP contribution in [0.15, 0.2) is 131 Å². The molecule has 408 valence electrons. The first-order valence-corrected chi connectivity index (χ1v) is 30.4. The molecule has 1 atom stereocenters. The van der Waals surface area contributed by atoms with E-state index in [0.717, 1.165) is 74.6 Å². The normalized spacial score (nSPS) is 13.5. The standard InChI is InChI=1S/C20H16N2O3.C16H22N2O3.C11H8N2O2.C9H7NO3.CH4.I2.HI/c1-2-24-18-6-4-3-5-13(18)11-16-15-8-7-14(20-21-9-10-25-20)12-17(15)22-19(16)23;1-3-5-13(21-4-2)10-17-16(20)12-7-6-11-9-15(19)18-14(11)8-12;14-10-6-7-1-2-8(5-9(7)13-10)11-12-3-4-15-11;11-8-4-5-1-2-6(9(12)13)3-7(5)10-8;;1-2;/h3-12H,2H2,1H3,(H,22,23);6-8,13H,3-5,9-10H2,1-2H3,(H,17,20)(H,18,19);1-5H,6H2,(H,13,14);1-3H,4H2,(H,10,11)(H,12,13);1H4;;1H/b16-11+;;;;;;. The van der Waals surface area contributed by atoms with Gasteiger partial charge in [0.15, 0.2) is 0 Å². The van der Waals surface area contributed by atoms with E-state index in [0.29, 0.717) is 67.6 Å². The Hall–Kier alpha value is -6.97. The molecule has 1 unspecified atom stereocenters. The van der Waals surface area contributed by atoms with Crippen LogP contribution in [0.2, 0.25) is 0 Å². The van der Waals surface area contributed by atoms with E-state index in [9.17, 15) is 28.8 Å². The number of oxazole rings is 2. The number of hydrogen-bond donors (Lipinski definition) is 6. The van der Waals surface area contributed by atoms with Gasteiger partial charge >= 0.3 is 5.97 Å². The van der Waals surface area contributed by atoms with E-state index >= 15 is 0 Å². The minimum atomic E-state index is -0.982. The number of aromatic nitrogens is 2. The largest absolute Gasteiger partial charge is 0.493 e. The second kappa shape index (κ2) is 30.3. The fourth-order valence-corrected chi connectivity index (χ4v) is 8.41. The molecule has 6 N–H and O–H groups in total. The van der Waals surface area contributed by atoms with Gasteiger partial charge in [0, 0.05) is 107 Å². The summed E-state index contributed by atoms with van der Waals surface area (Å²) in [6, 6.07) is 29.0. The van der Waals surface area contributed by atoms with E-state index in [2.05, 4.69) is 80.7 Å². The number of halogens is 3. The van der Waals surface area contributed by atoms with Crippen LogP contribution in [0.1, 0.15) is 89.6 Å². The summed E-state index contributed by atoms with van der Waals surface area (Å²) in [6.07, 6.45) is 11.3. The lowest BCUT2D eigenvalue weighted by atomic mass is 10.0. The lowest BCUT2D eigenvalue weighted by Gasteiger charge is -2.17. The molecule has 6 heterocycles. The van der Waals surface area contributed by atoms with Gasteiger partial charge in [-0.25, -0.2) is 14.8 Å². The molecule has 7 aromatic rings. The molecule has 18 nitrogen and oxygen atoms in total. The monoisotopic (exact) mass is 1400 g/mol. The van der Waals surface area contributed by atoms with Crippen molar-refractivity contribution in [2.75, 3.05) is 41.0 Å². The number of ether oxygens (including phenoxy) is 2. The van der Waals surface area contributed by atoms with E-state index in [4.69, 9.17) is 23.4 Å². The maximum absolute atomic E-state index is 12.4. The van der Waals surface area contributed by atoms with Crippen LogP contribution in [0.4, 0.5) is 22.7 Å². The van der Waals surface area contributed by atoms with Crippen molar-refractivity contribution in [1.29, 1.82) is 0 Å². The molecular weight excluding hydrogens is 1340 g/mol. The third kappa shape index (κ3) is 16.3. The van der Waals surface area contributed by atoms with Gasteiger partial charge in [0.1, 0.15) is 18.3 Å². The quantitative estimate of drug-likeness (QED) is 0.0465. The van der Waals surface area contributed by atoms with Gasteiger partial charge in [0.2, 0.25) is 29.5 Å². The Morgan fingerprint density at radius 2 is 1.22 bits per heavy atom. The van der Waals surface area contributed by atoms with Crippen molar-refractivity contribution in [2.24, 2.45) is 0 Å². The van der Waals surface area contributed by atoms with E-state index in [1.165, 1.54) is 24.7 Å². The van der Waals surface area contributed by atoms with Gasteiger partial charge in [-0.3, -0.25) is 24.0 Å². The van der Waals surface area contributed by atoms with Crippen LogP contribution >= 0.6 is 61.2 Å². The zero-order chi connectivity index (χ0) is 54.1. The van der Waals surface area contributed by atoms with Gasteiger partial charge in [0.05, 0.1) is 49.9 Å². The molecule has 0 radical (unpaired) electrons. The van der Waals surface area contributed by atoms with E-state index in [1.54, 1.807) is 30.6 Å². The summed E-state index contributed by atoms with van der Waals surface area (Å²) in [7, 11) is 0. The third-order valence-corrected chi connectivity index (χ3v) is 11.9. The molecule has 2 aromatic heterocycles. The predicted octanol–water partition coefficient (Wildman–Crippen LogP) is 12.1. The highest BCUT2D eigenvalue weighted by Gasteiger charge is 2.26. The number of rotatable bonds is 13. The molecule has 0 spiro atoms. The molecule has 5 aromatic carbocycles. The molecule has 0 aliphatic carbocycles. The lowest BCUT2D eigenvalue weighted by Crippen LogP contribution is -2.33. The number of nitrogens with one attached hydrogen (secondary N) is 5. The SMILES string of the molecule is C.CCCC(CNC(=O)c1ccc2c(c1)NC(=O)C2)OCC.CCOc1ccccc1/C=C1/C(=O)Nc2cc(-c3ncco3)ccc21.I.II.O=C1Cc2ccc(-c3ncco3)cc2N1.O=C1Cc2ccc(C(=O)O)cc2N1. The number of carbonyl (C=O) groups is 6. The lowest BCUT2D eigenvalue weighted by molar-refractivity contribution is -0.115. The van der Waals surface area contributed by atoms with E-state index < -0.39 is 5.97 Å². The summed E-state index contributed by atoms with van der Waals surface area (Å²) in [5.41, 5.74) is 10.6. The van der Waals surface area contributed by atoms with Crippen molar-refractivity contribution in [1.82, 2.24) is 15.3 Å². The number of benzene rings is 5.